The van der Waals surface area contributed by atoms with E-state index in [2.05, 4.69) is 28.6 Å². The standard InChI is InChI=1S/C17H19N3OS/c1-19(2)15-5-8-18-12-14(15)17(21)20-9-6-13(7-10-20)16-4-3-11-22-16/h3-6,8,11-12H,7,9-10H2,1-2H3. The number of carbonyl (C=O) groups is 1. The average molecular weight is 313 g/mol. The first kappa shape index (κ1) is 14.8. The Morgan fingerprint density at radius 3 is 2.86 bits per heavy atom. The topological polar surface area (TPSA) is 36.4 Å². The molecule has 0 aliphatic carbocycles. The maximum Gasteiger partial charge on any atom is 0.257 e. The molecule has 0 unspecified atom stereocenters. The van der Waals surface area contributed by atoms with Crippen molar-refractivity contribution < 1.29 is 4.79 Å². The van der Waals surface area contributed by atoms with Crippen molar-refractivity contribution in [2.75, 3.05) is 32.1 Å². The molecule has 1 aliphatic rings. The minimum absolute atomic E-state index is 0.0540. The normalized spacial score (nSPS) is 14.6. The van der Waals surface area contributed by atoms with E-state index >= 15 is 0 Å². The largest absolute Gasteiger partial charge is 0.377 e. The molecule has 0 N–H and O–H groups in total. The highest BCUT2D eigenvalue weighted by atomic mass is 32.1. The number of aromatic nitrogens is 1. The monoisotopic (exact) mass is 313 g/mol. The second kappa shape index (κ2) is 6.32. The minimum Gasteiger partial charge on any atom is -0.377 e. The quantitative estimate of drug-likeness (QED) is 0.873. The van der Waals surface area contributed by atoms with Gasteiger partial charge in [0.05, 0.1) is 11.3 Å². The summed E-state index contributed by atoms with van der Waals surface area (Å²) in [6, 6.07) is 6.08. The van der Waals surface area contributed by atoms with E-state index in [0.717, 1.165) is 18.7 Å². The lowest BCUT2D eigenvalue weighted by Gasteiger charge is -2.27. The highest BCUT2D eigenvalue weighted by Crippen LogP contribution is 2.27. The predicted octanol–water partition coefficient (Wildman–Crippen LogP) is 3.14. The molecule has 4 nitrogen and oxygen atoms in total. The van der Waals surface area contributed by atoms with Crippen LogP contribution in [-0.4, -0.2) is 43.0 Å². The van der Waals surface area contributed by atoms with Crippen molar-refractivity contribution in [3.63, 3.8) is 0 Å². The Morgan fingerprint density at radius 2 is 2.23 bits per heavy atom. The Kier molecular flexibility index (Phi) is 4.24. The molecule has 3 heterocycles. The molecule has 5 heteroatoms. The summed E-state index contributed by atoms with van der Waals surface area (Å²) in [5, 5.41) is 2.09. The second-order valence-corrected chi connectivity index (χ2v) is 6.44. The van der Waals surface area contributed by atoms with Crippen LogP contribution in [-0.2, 0) is 0 Å². The summed E-state index contributed by atoms with van der Waals surface area (Å²) in [7, 11) is 3.88. The Morgan fingerprint density at radius 1 is 1.36 bits per heavy atom. The highest BCUT2D eigenvalue weighted by Gasteiger charge is 2.22. The molecule has 1 aliphatic heterocycles. The molecule has 0 fully saturated rings. The van der Waals surface area contributed by atoms with Gasteiger partial charge in [-0.2, -0.15) is 0 Å². The van der Waals surface area contributed by atoms with Crippen LogP contribution in [0.4, 0.5) is 5.69 Å². The smallest absolute Gasteiger partial charge is 0.257 e. The van der Waals surface area contributed by atoms with Crippen LogP contribution in [0, 0.1) is 0 Å². The first-order valence-electron chi connectivity index (χ1n) is 7.30. The number of pyridine rings is 1. The molecular weight excluding hydrogens is 294 g/mol. The molecule has 3 rings (SSSR count). The molecule has 114 valence electrons. The van der Waals surface area contributed by atoms with E-state index in [0.29, 0.717) is 12.1 Å². The van der Waals surface area contributed by atoms with Crippen molar-refractivity contribution in [2.24, 2.45) is 0 Å². The van der Waals surface area contributed by atoms with Crippen LogP contribution >= 0.6 is 11.3 Å². The van der Waals surface area contributed by atoms with Gasteiger partial charge < -0.3 is 9.80 Å². The lowest BCUT2D eigenvalue weighted by molar-refractivity contribution is 0.0773. The number of nitrogens with zero attached hydrogens (tertiary/aromatic N) is 3. The van der Waals surface area contributed by atoms with E-state index in [1.165, 1.54) is 10.5 Å². The van der Waals surface area contributed by atoms with E-state index in [4.69, 9.17) is 0 Å². The Balaban J connectivity index is 1.78. The fourth-order valence-corrected chi connectivity index (χ4v) is 3.45. The highest BCUT2D eigenvalue weighted by molar-refractivity contribution is 7.11. The summed E-state index contributed by atoms with van der Waals surface area (Å²) < 4.78 is 0. The maximum absolute atomic E-state index is 12.8. The SMILES string of the molecule is CN(C)c1ccncc1C(=O)N1CC=C(c2cccs2)CC1. The number of hydrogen-bond donors (Lipinski definition) is 0. The Hall–Kier alpha value is -2.14. The van der Waals surface area contributed by atoms with Gasteiger partial charge in [0.15, 0.2) is 0 Å². The molecule has 2 aromatic rings. The third-order valence-electron chi connectivity index (χ3n) is 3.84. The number of thiophene rings is 1. The molecule has 1 amide bonds. The number of hydrogen-bond acceptors (Lipinski definition) is 4. The van der Waals surface area contributed by atoms with Gasteiger partial charge in [0.2, 0.25) is 0 Å². The van der Waals surface area contributed by atoms with Crippen LogP contribution in [0.3, 0.4) is 0 Å². The van der Waals surface area contributed by atoms with E-state index in [-0.39, 0.29) is 5.91 Å². The Labute approximate surface area is 134 Å². The molecule has 2 aromatic heterocycles. The van der Waals surface area contributed by atoms with Crippen LogP contribution in [0.15, 0.2) is 42.0 Å². The summed E-state index contributed by atoms with van der Waals surface area (Å²) >= 11 is 1.75. The Bertz CT molecular complexity index is 692. The lowest BCUT2D eigenvalue weighted by Crippen LogP contribution is -2.35. The van der Waals surface area contributed by atoms with Crippen molar-refractivity contribution in [2.45, 2.75) is 6.42 Å². The van der Waals surface area contributed by atoms with Gasteiger partial charge >= 0.3 is 0 Å². The lowest BCUT2D eigenvalue weighted by atomic mass is 10.1. The van der Waals surface area contributed by atoms with Gasteiger partial charge in [-0.05, 0) is 29.5 Å². The van der Waals surface area contributed by atoms with Crippen molar-refractivity contribution >= 4 is 28.5 Å². The first-order chi connectivity index (χ1) is 10.7. The number of carbonyl (C=O) groups excluding carboxylic acids is 1. The molecule has 0 saturated heterocycles. The summed E-state index contributed by atoms with van der Waals surface area (Å²) in [6.07, 6.45) is 6.45. The molecule has 0 spiro atoms. The third kappa shape index (κ3) is 2.90. The summed E-state index contributed by atoms with van der Waals surface area (Å²) in [6.45, 7) is 1.41. The van der Waals surface area contributed by atoms with E-state index in [1.807, 2.05) is 30.0 Å². The number of anilines is 1. The van der Waals surface area contributed by atoms with Gasteiger partial charge in [0.1, 0.15) is 0 Å². The van der Waals surface area contributed by atoms with Crippen LogP contribution in [0.1, 0.15) is 21.7 Å². The molecule has 0 aromatic carbocycles. The fourth-order valence-electron chi connectivity index (χ4n) is 2.65. The predicted molar refractivity (Wildman–Crippen MR) is 91.4 cm³/mol. The van der Waals surface area contributed by atoms with Gasteiger partial charge in [0, 0.05) is 44.5 Å². The van der Waals surface area contributed by atoms with Gasteiger partial charge in [-0.25, -0.2) is 0 Å². The molecule has 0 radical (unpaired) electrons. The third-order valence-corrected chi connectivity index (χ3v) is 4.79. The summed E-state index contributed by atoms with van der Waals surface area (Å²) in [4.78, 5) is 22.0. The van der Waals surface area contributed by atoms with Crippen molar-refractivity contribution in [1.82, 2.24) is 9.88 Å². The van der Waals surface area contributed by atoms with Gasteiger partial charge in [-0.3, -0.25) is 9.78 Å². The van der Waals surface area contributed by atoms with Crippen LogP contribution in [0.25, 0.3) is 5.57 Å². The van der Waals surface area contributed by atoms with Crippen molar-refractivity contribution in [1.29, 1.82) is 0 Å². The minimum atomic E-state index is 0.0540. The zero-order chi connectivity index (χ0) is 15.5. The molecular formula is C17H19N3OS. The molecule has 0 bridgehead atoms. The van der Waals surface area contributed by atoms with E-state index in [1.54, 1.807) is 23.7 Å². The van der Waals surface area contributed by atoms with Crippen LogP contribution < -0.4 is 4.90 Å². The zero-order valence-corrected chi connectivity index (χ0v) is 13.6. The van der Waals surface area contributed by atoms with Gasteiger partial charge in [0.25, 0.3) is 5.91 Å². The zero-order valence-electron chi connectivity index (χ0n) is 12.8. The van der Waals surface area contributed by atoms with Gasteiger partial charge in [-0.15, -0.1) is 11.3 Å². The van der Waals surface area contributed by atoms with E-state index in [9.17, 15) is 4.79 Å². The van der Waals surface area contributed by atoms with Crippen molar-refractivity contribution in [3.8, 4) is 0 Å². The fraction of sp³-hybridized carbons (Fsp3) is 0.294. The summed E-state index contributed by atoms with van der Waals surface area (Å²) in [5.41, 5.74) is 2.92. The average Bonchev–Trinajstić information content (AvgIpc) is 3.09. The van der Waals surface area contributed by atoms with Crippen molar-refractivity contribution in [3.05, 3.63) is 52.5 Å². The second-order valence-electron chi connectivity index (χ2n) is 5.50. The van der Waals surface area contributed by atoms with Crippen LogP contribution in [0.2, 0.25) is 0 Å². The molecule has 0 atom stereocenters. The van der Waals surface area contributed by atoms with Crippen LogP contribution in [0.5, 0.6) is 0 Å². The molecule has 0 saturated carbocycles. The summed E-state index contributed by atoms with van der Waals surface area (Å²) in [5.74, 6) is 0.0540. The van der Waals surface area contributed by atoms with Gasteiger partial charge in [-0.1, -0.05) is 12.1 Å². The number of rotatable bonds is 3. The maximum atomic E-state index is 12.8. The number of amides is 1. The van der Waals surface area contributed by atoms with E-state index < -0.39 is 0 Å². The molecule has 22 heavy (non-hydrogen) atoms. The first-order valence-corrected chi connectivity index (χ1v) is 8.18.